The number of nitrogens with zero attached hydrogens (tertiary/aromatic N) is 5. The third-order valence-electron chi connectivity index (χ3n) is 5.85. The fourth-order valence-electron chi connectivity index (χ4n) is 4.03. The van der Waals surface area contributed by atoms with E-state index in [2.05, 4.69) is 35.6 Å². The van der Waals surface area contributed by atoms with E-state index in [-0.39, 0.29) is 0 Å². The Bertz CT molecular complexity index is 1400. The number of pyridine rings is 1. The van der Waals surface area contributed by atoms with Gasteiger partial charge in [-0.2, -0.15) is 0 Å². The molecule has 3 unspecified atom stereocenters. The predicted octanol–water partition coefficient (Wildman–Crippen LogP) is 0.806. The van der Waals surface area contributed by atoms with E-state index in [4.69, 9.17) is 9.47 Å². The first-order chi connectivity index (χ1) is 18.0. The zero-order chi connectivity index (χ0) is 25.9. The first kappa shape index (κ1) is 24.5. The maximum Gasteiger partial charge on any atom is 0.275 e. The number of carbonyl (C=O) groups is 1. The molecule has 192 valence electrons. The summed E-state index contributed by atoms with van der Waals surface area (Å²) < 4.78 is 13.0. The zero-order valence-electron chi connectivity index (χ0n) is 20.0. The molecule has 0 saturated carbocycles. The molecule has 4 N–H and O–H groups in total. The largest absolute Gasteiger partial charge is 0.487 e. The summed E-state index contributed by atoms with van der Waals surface area (Å²) in [6, 6.07) is 11.5. The van der Waals surface area contributed by atoms with Crippen LogP contribution in [-0.2, 0) is 21.0 Å². The Labute approximate surface area is 211 Å². The number of benzene rings is 1. The third kappa shape index (κ3) is 4.80. The highest BCUT2D eigenvalue weighted by Crippen LogP contribution is 2.33. The van der Waals surface area contributed by atoms with Crippen LogP contribution in [0.1, 0.15) is 11.8 Å². The Morgan fingerprint density at radius 1 is 1.16 bits per heavy atom. The van der Waals surface area contributed by atoms with Gasteiger partial charge in [0, 0.05) is 18.8 Å². The second-order valence-corrected chi connectivity index (χ2v) is 8.25. The Hall–Kier alpha value is -4.17. The van der Waals surface area contributed by atoms with Crippen LogP contribution in [0.15, 0.2) is 55.1 Å². The van der Waals surface area contributed by atoms with E-state index in [1.54, 1.807) is 25.5 Å². The average Bonchev–Trinajstić information content (AvgIpc) is 3.48. The van der Waals surface area contributed by atoms with Gasteiger partial charge in [0.25, 0.3) is 5.91 Å². The predicted molar refractivity (Wildman–Crippen MR) is 130 cm³/mol. The molecule has 0 spiro atoms. The van der Waals surface area contributed by atoms with Crippen molar-refractivity contribution in [3.63, 3.8) is 0 Å². The van der Waals surface area contributed by atoms with Crippen LogP contribution in [0.3, 0.4) is 0 Å². The highest BCUT2D eigenvalue weighted by atomic mass is 16.6. The maximum absolute atomic E-state index is 12.2. The highest BCUT2D eigenvalue weighted by molar-refractivity contribution is 5.85. The molecule has 1 fully saturated rings. The van der Waals surface area contributed by atoms with Gasteiger partial charge in [0.2, 0.25) is 0 Å². The lowest BCUT2D eigenvalue weighted by Gasteiger charge is -2.17. The molecule has 3 aromatic heterocycles. The standard InChI is InChI=1S/C24H25N7O6/c1-25-21-16-22(31(12-27-16)24-18(33)17(32)19(37-24)23(34)30-35-2)29-20(28-21)14-8-15(10-26-9-14)36-11-13-6-4-3-5-7-13/h3-10,12,17-19,24,32-33H,11H2,1-2H3,(H,30,34)(H,25,28,29)/t17?,18?,19-,24?/m1/s1. The van der Waals surface area contributed by atoms with E-state index in [0.717, 1.165) is 5.56 Å². The molecule has 37 heavy (non-hydrogen) atoms. The summed E-state index contributed by atoms with van der Waals surface area (Å²) in [4.78, 5) is 34.6. The molecule has 0 radical (unpaired) electrons. The van der Waals surface area contributed by atoms with Gasteiger partial charge in [0.05, 0.1) is 19.6 Å². The van der Waals surface area contributed by atoms with Crippen LogP contribution >= 0.6 is 0 Å². The van der Waals surface area contributed by atoms with E-state index in [1.165, 1.54) is 18.0 Å². The number of aliphatic hydroxyl groups is 2. The van der Waals surface area contributed by atoms with Crippen molar-refractivity contribution in [2.75, 3.05) is 19.5 Å². The number of nitrogens with one attached hydrogen (secondary N) is 2. The fourth-order valence-corrected chi connectivity index (χ4v) is 4.03. The van der Waals surface area contributed by atoms with Crippen molar-refractivity contribution in [3.05, 3.63) is 60.7 Å². The Morgan fingerprint density at radius 3 is 2.73 bits per heavy atom. The molecular weight excluding hydrogens is 482 g/mol. The Balaban J connectivity index is 1.47. The Morgan fingerprint density at radius 2 is 1.97 bits per heavy atom. The molecule has 1 aliphatic heterocycles. The van der Waals surface area contributed by atoms with Crippen LogP contribution in [-0.4, -0.2) is 73.1 Å². The molecule has 13 heteroatoms. The van der Waals surface area contributed by atoms with Gasteiger partial charge in [-0.15, -0.1) is 0 Å². The van der Waals surface area contributed by atoms with E-state index < -0.39 is 30.4 Å². The van der Waals surface area contributed by atoms with Crippen LogP contribution in [0.4, 0.5) is 5.82 Å². The van der Waals surface area contributed by atoms with Gasteiger partial charge in [-0.25, -0.2) is 20.4 Å². The number of hydrogen-bond acceptors (Lipinski definition) is 11. The number of imidazole rings is 1. The van der Waals surface area contributed by atoms with Crippen LogP contribution in [0.25, 0.3) is 22.6 Å². The van der Waals surface area contributed by atoms with Gasteiger partial charge in [-0.3, -0.25) is 19.2 Å². The SMILES string of the molecule is CNc1nc(-c2cncc(OCc3ccccc3)c2)nc2c1ncn2C1O[C@@H](C(=O)NOC)C(O)C1O. The minimum atomic E-state index is -1.50. The van der Waals surface area contributed by atoms with Gasteiger partial charge in [-0.1, -0.05) is 30.3 Å². The van der Waals surface area contributed by atoms with E-state index >= 15 is 0 Å². The van der Waals surface area contributed by atoms with Crippen molar-refractivity contribution in [1.29, 1.82) is 0 Å². The minimum absolute atomic E-state index is 0.314. The molecule has 1 aliphatic rings. The van der Waals surface area contributed by atoms with Crippen LogP contribution in [0.5, 0.6) is 5.75 Å². The molecule has 4 atom stereocenters. The molecule has 1 aromatic carbocycles. The lowest BCUT2D eigenvalue weighted by molar-refractivity contribution is -0.148. The number of ether oxygens (including phenoxy) is 2. The minimum Gasteiger partial charge on any atom is -0.487 e. The summed E-state index contributed by atoms with van der Waals surface area (Å²) >= 11 is 0. The average molecular weight is 508 g/mol. The number of rotatable bonds is 8. The van der Waals surface area contributed by atoms with Crippen molar-refractivity contribution >= 4 is 22.9 Å². The van der Waals surface area contributed by atoms with Crippen molar-refractivity contribution in [2.45, 2.75) is 31.1 Å². The second kappa shape index (κ2) is 10.4. The molecule has 4 aromatic rings. The van der Waals surface area contributed by atoms with Crippen LogP contribution in [0.2, 0.25) is 0 Å². The van der Waals surface area contributed by atoms with Gasteiger partial charge in [0.15, 0.2) is 35.1 Å². The van der Waals surface area contributed by atoms with E-state index in [9.17, 15) is 15.0 Å². The molecule has 0 aliphatic carbocycles. The first-order valence-electron chi connectivity index (χ1n) is 11.4. The normalized spacial score (nSPS) is 21.2. The fraction of sp³-hybridized carbons (Fsp3) is 0.292. The van der Waals surface area contributed by atoms with Crippen LogP contribution < -0.4 is 15.5 Å². The molecule has 5 rings (SSSR count). The Kier molecular flexibility index (Phi) is 6.92. The molecule has 1 amide bonds. The topological polar surface area (TPSA) is 166 Å². The van der Waals surface area contributed by atoms with E-state index in [0.29, 0.717) is 40.7 Å². The summed E-state index contributed by atoms with van der Waals surface area (Å²) in [6.07, 6.45) is -0.818. The number of hydrogen-bond donors (Lipinski definition) is 4. The van der Waals surface area contributed by atoms with E-state index in [1.807, 2.05) is 30.3 Å². The maximum atomic E-state index is 12.2. The van der Waals surface area contributed by atoms with Crippen molar-refractivity contribution in [3.8, 4) is 17.1 Å². The van der Waals surface area contributed by atoms with Gasteiger partial charge >= 0.3 is 0 Å². The smallest absolute Gasteiger partial charge is 0.275 e. The summed E-state index contributed by atoms with van der Waals surface area (Å²) in [7, 11) is 2.95. The molecule has 4 heterocycles. The summed E-state index contributed by atoms with van der Waals surface area (Å²) in [5.41, 5.74) is 4.42. The number of carbonyl (C=O) groups excluding carboxylic acids is 1. The number of aliphatic hydroxyl groups excluding tert-OH is 2. The van der Waals surface area contributed by atoms with Crippen molar-refractivity contribution in [1.82, 2.24) is 30.0 Å². The highest BCUT2D eigenvalue weighted by Gasteiger charge is 2.48. The molecule has 0 bridgehead atoms. The lowest BCUT2D eigenvalue weighted by Crippen LogP contribution is -2.42. The summed E-state index contributed by atoms with van der Waals surface area (Å²) in [6.45, 7) is 0.372. The number of amides is 1. The molecule has 1 saturated heterocycles. The second-order valence-electron chi connectivity index (χ2n) is 8.25. The molecular formula is C24H25N7O6. The monoisotopic (exact) mass is 507 g/mol. The van der Waals surface area contributed by atoms with Crippen molar-refractivity contribution in [2.24, 2.45) is 0 Å². The number of hydroxylamine groups is 1. The van der Waals surface area contributed by atoms with Gasteiger partial charge in [0.1, 0.15) is 24.6 Å². The summed E-state index contributed by atoms with van der Waals surface area (Å²) in [5.74, 6) is 0.550. The first-order valence-corrected chi connectivity index (χ1v) is 11.4. The zero-order valence-corrected chi connectivity index (χ0v) is 20.0. The third-order valence-corrected chi connectivity index (χ3v) is 5.85. The lowest BCUT2D eigenvalue weighted by atomic mass is 10.1. The number of aromatic nitrogens is 5. The van der Waals surface area contributed by atoms with Crippen LogP contribution in [0, 0.1) is 0 Å². The number of fused-ring (bicyclic) bond motifs is 1. The summed E-state index contributed by atoms with van der Waals surface area (Å²) in [5, 5.41) is 24.0. The van der Waals surface area contributed by atoms with Gasteiger partial charge in [-0.05, 0) is 11.6 Å². The molecule has 13 nitrogen and oxygen atoms in total. The number of anilines is 1. The van der Waals surface area contributed by atoms with Gasteiger partial charge < -0.3 is 25.0 Å². The van der Waals surface area contributed by atoms with Crippen molar-refractivity contribution < 1.29 is 29.3 Å². The quantitative estimate of drug-likeness (QED) is 0.249.